The van der Waals surface area contributed by atoms with Crippen molar-refractivity contribution >= 4 is 27.8 Å². The molecule has 2 heterocycles. The Labute approximate surface area is 95.7 Å². The molecule has 1 aromatic heterocycles. The summed E-state index contributed by atoms with van der Waals surface area (Å²) in [5, 5.41) is 10.7. The van der Waals surface area contributed by atoms with E-state index in [1.807, 2.05) is 0 Å². The summed E-state index contributed by atoms with van der Waals surface area (Å²) in [6.07, 6.45) is 0. The van der Waals surface area contributed by atoms with Gasteiger partial charge in [-0.2, -0.15) is 8.42 Å². The van der Waals surface area contributed by atoms with E-state index < -0.39 is 21.1 Å². The molecule has 0 aliphatic carbocycles. The lowest BCUT2D eigenvalue weighted by atomic mass is 10.4. The largest absolute Gasteiger partial charge is 0.436 e. The molecule has 0 spiro atoms. The molecular weight excluding hydrogens is 252 g/mol. The lowest BCUT2D eigenvalue weighted by Crippen LogP contribution is -2.35. The maximum absolute atomic E-state index is 11.5. The van der Waals surface area contributed by atoms with Crippen molar-refractivity contribution in [3.05, 3.63) is 15.8 Å². The number of aromatic nitrogens is 2. The van der Waals surface area contributed by atoms with E-state index in [9.17, 15) is 18.5 Å². The summed E-state index contributed by atoms with van der Waals surface area (Å²) >= 11 is 0. The predicted molar refractivity (Wildman–Crippen MR) is 57.9 cm³/mol. The van der Waals surface area contributed by atoms with Crippen LogP contribution < -0.4 is 10.0 Å². The van der Waals surface area contributed by atoms with E-state index >= 15 is 0 Å². The van der Waals surface area contributed by atoms with E-state index in [0.717, 1.165) is 8.87 Å². The zero-order chi connectivity index (χ0) is 13.0. The zero-order valence-electron chi connectivity index (χ0n) is 8.85. The first-order valence-electron chi connectivity index (χ1n) is 4.31. The van der Waals surface area contributed by atoms with Crippen molar-refractivity contribution in [2.24, 2.45) is 17.2 Å². The SMILES string of the molecule is CN1c2c(nc([N+](=O)[O-])n2C)C(N)=NS1(=O)=O. The maximum atomic E-state index is 11.5. The third-order valence-corrected chi connectivity index (χ3v) is 3.60. The van der Waals surface area contributed by atoms with Crippen molar-refractivity contribution in [2.75, 3.05) is 11.4 Å². The topological polar surface area (TPSA) is 137 Å². The average Bonchev–Trinajstić information content (AvgIpc) is 2.53. The van der Waals surface area contributed by atoms with Gasteiger partial charge in [0.1, 0.15) is 0 Å². The number of hydrogen-bond donors (Lipinski definition) is 1. The Morgan fingerprint density at radius 2 is 2.00 bits per heavy atom. The van der Waals surface area contributed by atoms with Gasteiger partial charge in [-0.3, -0.25) is 0 Å². The molecule has 0 bridgehead atoms. The molecule has 1 aliphatic heterocycles. The van der Waals surface area contributed by atoms with E-state index in [0.29, 0.717) is 0 Å². The monoisotopic (exact) mass is 260 g/mol. The molecule has 1 aliphatic rings. The van der Waals surface area contributed by atoms with Crippen LogP contribution >= 0.6 is 0 Å². The number of nitrogens with two attached hydrogens (primary N) is 1. The van der Waals surface area contributed by atoms with Crippen molar-refractivity contribution in [1.82, 2.24) is 9.55 Å². The Balaban J connectivity index is 2.80. The molecule has 0 radical (unpaired) electrons. The van der Waals surface area contributed by atoms with Gasteiger partial charge >= 0.3 is 16.2 Å². The highest BCUT2D eigenvalue weighted by Gasteiger charge is 2.38. The number of nitro groups is 1. The minimum atomic E-state index is -3.95. The first kappa shape index (κ1) is 11.3. The highest BCUT2D eigenvalue weighted by molar-refractivity contribution is 7.91. The van der Waals surface area contributed by atoms with Crippen LogP contribution in [0.15, 0.2) is 4.40 Å². The lowest BCUT2D eigenvalue weighted by molar-refractivity contribution is -0.396. The molecule has 0 amide bonds. The van der Waals surface area contributed by atoms with E-state index in [1.165, 1.54) is 14.1 Å². The van der Waals surface area contributed by atoms with Crippen molar-refractivity contribution in [2.45, 2.75) is 0 Å². The second-order valence-electron chi connectivity index (χ2n) is 3.32. The van der Waals surface area contributed by atoms with Crippen molar-refractivity contribution < 1.29 is 13.3 Å². The molecule has 0 saturated carbocycles. The predicted octanol–water partition coefficient (Wildman–Crippen LogP) is -1.27. The molecule has 11 heteroatoms. The van der Waals surface area contributed by atoms with E-state index in [-0.39, 0.29) is 17.3 Å². The number of rotatable bonds is 1. The number of nitrogens with zero attached hydrogens (tertiary/aromatic N) is 5. The zero-order valence-corrected chi connectivity index (χ0v) is 9.67. The first-order chi connectivity index (χ1) is 7.75. The number of amidine groups is 1. The minimum absolute atomic E-state index is 0.0171. The van der Waals surface area contributed by atoms with Crippen LogP contribution in [0, 0.1) is 10.1 Å². The summed E-state index contributed by atoms with van der Waals surface area (Å²) in [7, 11) is -1.40. The van der Waals surface area contributed by atoms with Crippen molar-refractivity contribution in [1.29, 1.82) is 0 Å². The maximum Gasteiger partial charge on any atom is 0.436 e. The fourth-order valence-corrected chi connectivity index (χ4v) is 2.40. The van der Waals surface area contributed by atoms with Gasteiger partial charge in [-0.25, -0.2) is 8.87 Å². The third kappa shape index (κ3) is 1.43. The van der Waals surface area contributed by atoms with Crippen LogP contribution in [-0.2, 0) is 17.3 Å². The highest BCUT2D eigenvalue weighted by Crippen LogP contribution is 2.29. The second-order valence-corrected chi connectivity index (χ2v) is 4.95. The van der Waals surface area contributed by atoms with E-state index in [2.05, 4.69) is 9.38 Å². The smallest absolute Gasteiger partial charge is 0.390 e. The summed E-state index contributed by atoms with van der Waals surface area (Å²) < 4.78 is 28.1. The van der Waals surface area contributed by atoms with Gasteiger partial charge in [0.15, 0.2) is 5.84 Å². The Kier molecular flexibility index (Phi) is 2.11. The standard InChI is InChI=1S/C6H8N6O4S/c1-10-5-3(8-6(10)12(13)14)4(7)9-17(15,16)11(5)2/h1-2H3,(H2,7,9). The third-order valence-electron chi connectivity index (χ3n) is 2.31. The van der Waals surface area contributed by atoms with Gasteiger partial charge in [-0.1, -0.05) is 4.98 Å². The van der Waals surface area contributed by atoms with Gasteiger partial charge in [0.05, 0.1) is 7.05 Å². The van der Waals surface area contributed by atoms with Gasteiger partial charge in [0.25, 0.3) is 0 Å². The van der Waals surface area contributed by atoms with Gasteiger partial charge in [0.2, 0.25) is 11.5 Å². The molecule has 0 atom stereocenters. The van der Waals surface area contributed by atoms with Gasteiger partial charge in [0, 0.05) is 7.05 Å². The van der Waals surface area contributed by atoms with Crippen molar-refractivity contribution in [3.8, 4) is 0 Å². The molecule has 0 saturated heterocycles. The van der Waals surface area contributed by atoms with Crippen LogP contribution in [-0.4, -0.2) is 35.8 Å². The Morgan fingerprint density at radius 1 is 1.41 bits per heavy atom. The van der Waals surface area contributed by atoms with Crippen LogP contribution in [0.2, 0.25) is 0 Å². The summed E-state index contributed by atoms with van der Waals surface area (Å²) in [5.41, 5.74) is 5.40. The molecule has 92 valence electrons. The van der Waals surface area contributed by atoms with Crippen LogP contribution in [0.25, 0.3) is 0 Å². The summed E-state index contributed by atoms with van der Waals surface area (Å²) in [5.74, 6) is -0.844. The Hall–Kier alpha value is -2.17. The fraction of sp³-hybridized carbons (Fsp3) is 0.333. The molecular formula is C6H8N6O4S. The Bertz CT molecular complexity index is 644. The minimum Gasteiger partial charge on any atom is -0.390 e. The highest BCUT2D eigenvalue weighted by atomic mass is 32.2. The first-order valence-corrected chi connectivity index (χ1v) is 5.71. The molecule has 0 aromatic carbocycles. The van der Waals surface area contributed by atoms with E-state index in [1.54, 1.807) is 0 Å². The molecule has 10 nitrogen and oxygen atoms in total. The molecule has 2 rings (SSSR count). The van der Waals surface area contributed by atoms with Crippen LogP contribution in [0.1, 0.15) is 5.69 Å². The molecule has 17 heavy (non-hydrogen) atoms. The molecule has 2 N–H and O–H groups in total. The fourth-order valence-electron chi connectivity index (χ4n) is 1.51. The second kappa shape index (κ2) is 3.16. The summed E-state index contributed by atoms with van der Waals surface area (Å²) in [6.45, 7) is 0. The number of imidazole rings is 1. The van der Waals surface area contributed by atoms with Crippen LogP contribution in [0.4, 0.5) is 11.8 Å². The molecule has 1 aromatic rings. The van der Waals surface area contributed by atoms with Crippen LogP contribution in [0.5, 0.6) is 0 Å². The van der Waals surface area contributed by atoms with Crippen LogP contribution in [0.3, 0.4) is 0 Å². The number of anilines is 1. The number of fused-ring (bicyclic) bond motifs is 1. The summed E-state index contributed by atoms with van der Waals surface area (Å²) in [6, 6.07) is 0. The average molecular weight is 260 g/mol. The Morgan fingerprint density at radius 3 is 2.53 bits per heavy atom. The quantitative estimate of drug-likeness (QED) is 0.493. The van der Waals surface area contributed by atoms with E-state index in [4.69, 9.17) is 5.73 Å². The molecule has 0 fully saturated rings. The summed E-state index contributed by atoms with van der Waals surface area (Å²) in [4.78, 5) is 13.6. The van der Waals surface area contributed by atoms with Gasteiger partial charge in [-0.15, -0.1) is 4.40 Å². The van der Waals surface area contributed by atoms with Crippen molar-refractivity contribution in [3.63, 3.8) is 0 Å². The molecule has 0 unspecified atom stereocenters. The number of hydrogen-bond acceptors (Lipinski definition) is 6. The van der Waals surface area contributed by atoms with Gasteiger partial charge in [-0.05, 0) is 4.92 Å². The van der Waals surface area contributed by atoms with Gasteiger partial charge < -0.3 is 15.8 Å². The normalized spacial score (nSPS) is 17.5. The lowest BCUT2D eigenvalue weighted by Gasteiger charge is -2.18.